The fourth-order valence-electron chi connectivity index (χ4n) is 3.11. The molecule has 0 saturated carbocycles. The van der Waals surface area contributed by atoms with E-state index in [4.69, 9.17) is 0 Å². The third kappa shape index (κ3) is 1.40. The Bertz CT molecular complexity index is 560. The molecule has 2 unspecified atom stereocenters. The van der Waals surface area contributed by atoms with Crippen molar-refractivity contribution in [1.29, 1.82) is 0 Å². The Kier molecular flexibility index (Phi) is 2.47. The van der Waals surface area contributed by atoms with Crippen molar-refractivity contribution in [3.8, 4) is 0 Å². The maximum Gasteiger partial charge on any atom is 0.251 e. The highest BCUT2D eigenvalue weighted by Gasteiger charge is 2.44. The van der Waals surface area contributed by atoms with Gasteiger partial charge in [0, 0.05) is 5.92 Å². The standard InChI is InChI=1S/C15H15NO2/c1-2-4-9-5-3-6-10-11(9)7-12-13(8-17)15(18)16-14(10)12/h2-3,5-6,8,12,14,17H,1,4,7H2,(H,16,18). The molecule has 1 heterocycles. The summed E-state index contributed by atoms with van der Waals surface area (Å²) in [5, 5.41) is 12.1. The number of carbonyl (C=O) groups is 1. The molecule has 92 valence electrons. The summed E-state index contributed by atoms with van der Waals surface area (Å²) in [4.78, 5) is 11.7. The minimum atomic E-state index is -0.146. The Morgan fingerprint density at radius 1 is 1.50 bits per heavy atom. The zero-order valence-electron chi connectivity index (χ0n) is 10.0. The van der Waals surface area contributed by atoms with Crippen LogP contribution in [-0.2, 0) is 17.6 Å². The molecule has 1 aliphatic carbocycles. The molecule has 2 atom stereocenters. The van der Waals surface area contributed by atoms with Gasteiger partial charge in [0.25, 0.3) is 5.91 Å². The van der Waals surface area contributed by atoms with Gasteiger partial charge in [-0.3, -0.25) is 4.79 Å². The Balaban J connectivity index is 2.06. The van der Waals surface area contributed by atoms with Gasteiger partial charge in [0.15, 0.2) is 0 Å². The van der Waals surface area contributed by atoms with Crippen LogP contribution in [0.1, 0.15) is 22.7 Å². The lowest BCUT2D eigenvalue weighted by molar-refractivity contribution is -0.116. The monoisotopic (exact) mass is 241 g/mol. The van der Waals surface area contributed by atoms with E-state index in [1.165, 1.54) is 16.7 Å². The van der Waals surface area contributed by atoms with E-state index in [0.29, 0.717) is 5.57 Å². The fourth-order valence-corrected chi connectivity index (χ4v) is 3.11. The van der Waals surface area contributed by atoms with E-state index in [-0.39, 0.29) is 17.9 Å². The summed E-state index contributed by atoms with van der Waals surface area (Å²) in [6.45, 7) is 3.78. The number of aliphatic hydroxyl groups is 1. The Labute approximate surface area is 106 Å². The van der Waals surface area contributed by atoms with Crippen molar-refractivity contribution >= 4 is 5.91 Å². The maximum absolute atomic E-state index is 11.7. The van der Waals surface area contributed by atoms with Gasteiger partial charge in [-0.25, -0.2) is 0 Å². The molecule has 1 aromatic rings. The lowest BCUT2D eigenvalue weighted by atomic mass is 9.97. The summed E-state index contributed by atoms with van der Waals surface area (Å²) in [7, 11) is 0. The minimum absolute atomic E-state index is 0.0238. The normalized spacial score (nSPS) is 26.9. The zero-order valence-corrected chi connectivity index (χ0v) is 10.0. The molecule has 3 rings (SSSR count). The zero-order chi connectivity index (χ0) is 12.7. The highest BCUT2D eigenvalue weighted by molar-refractivity contribution is 5.97. The van der Waals surface area contributed by atoms with Crippen LogP contribution in [0.3, 0.4) is 0 Å². The second-order valence-corrected chi connectivity index (χ2v) is 4.82. The van der Waals surface area contributed by atoms with E-state index in [9.17, 15) is 9.90 Å². The van der Waals surface area contributed by atoms with Gasteiger partial charge >= 0.3 is 0 Å². The van der Waals surface area contributed by atoms with Crippen LogP contribution in [0.2, 0.25) is 0 Å². The number of carbonyl (C=O) groups excluding carboxylic acids is 1. The summed E-state index contributed by atoms with van der Waals surface area (Å²) in [6, 6.07) is 6.21. The maximum atomic E-state index is 11.7. The lowest BCUT2D eigenvalue weighted by Gasteiger charge is -2.10. The largest absolute Gasteiger partial charge is 0.515 e. The smallest absolute Gasteiger partial charge is 0.251 e. The molecule has 0 aromatic heterocycles. The van der Waals surface area contributed by atoms with Crippen LogP contribution in [0.5, 0.6) is 0 Å². The molecular weight excluding hydrogens is 226 g/mol. The molecule has 2 aliphatic rings. The van der Waals surface area contributed by atoms with Crippen molar-refractivity contribution in [2.24, 2.45) is 5.92 Å². The van der Waals surface area contributed by atoms with E-state index in [0.717, 1.165) is 19.1 Å². The van der Waals surface area contributed by atoms with Gasteiger partial charge in [-0.2, -0.15) is 0 Å². The van der Waals surface area contributed by atoms with Gasteiger partial charge in [0.05, 0.1) is 17.9 Å². The number of aliphatic hydroxyl groups excluding tert-OH is 1. The van der Waals surface area contributed by atoms with Crippen molar-refractivity contribution in [2.75, 3.05) is 0 Å². The molecule has 1 fully saturated rings. The number of nitrogens with one attached hydrogen (secondary N) is 1. The summed E-state index contributed by atoms with van der Waals surface area (Å²) in [5.74, 6) is -0.0734. The van der Waals surface area contributed by atoms with E-state index >= 15 is 0 Å². The van der Waals surface area contributed by atoms with Crippen LogP contribution in [0, 0.1) is 5.92 Å². The van der Waals surface area contributed by atoms with Crippen molar-refractivity contribution in [1.82, 2.24) is 5.32 Å². The van der Waals surface area contributed by atoms with Gasteiger partial charge in [0.1, 0.15) is 0 Å². The van der Waals surface area contributed by atoms with Gasteiger partial charge < -0.3 is 10.4 Å². The third-order valence-electron chi connectivity index (χ3n) is 3.92. The first-order chi connectivity index (χ1) is 8.76. The average Bonchev–Trinajstić information content (AvgIpc) is 2.85. The second kappa shape index (κ2) is 4.02. The number of hydrogen-bond acceptors (Lipinski definition) is 2. The summed E-state index contributed by atoms with van der Waals surface area (Å²) in [5.41, 5.74) is 4.25. The minimum Gasteiger partial charge on any atom is -0.515 e. The summed E-state index contributed by atoms with van der Waals surface area (Å²) >= 11 is 0. The van der Waals surface area contributed by atoms with Crippen molar-refractivity contribution in [3.63, 3.8) is 0 Å². The van der Waals surface area contributed by atoms with Gasteiger partial charge in [-0.15, -0.1) is 6.58 Å². The number of allylic oxidation sites excluding steroid dienone is 1. The van der Waals surface area contributed by atoms with Gasteiger partial charge in [-0.1, -0.05) is 24.3 Å². The van der Waals surface area contributed by atoms with Crippen LogP contribution in [-0.4, -0.2) is 11.0 Å². The van der Waals surface area contributed by atoms with E-state index < -0.39 is 0 Å². The highest BCUT2D eigenvalue weighted by atomic mass is 16.2. The van der Waals surface area contributed by atoms with Crippen LogP contribution in [0.4, 0.5) is 0 Å². The number of fused-ring (bicyclic) bond motifs is 3. The van der Waals surface area contributed by atoms with Crippen molar-refractivity contribution < 1.29 is 9.90 Å². The average molecular weight is 241 g/mol. The topological polar surface area (TPSA) is 49.3 Å². The van der Waals surface area contributed by atoms with Crippen LogP contribution < -0.4 is 5.32 Å². The first-order valence-corrected chi connectivity index (χ1v) is 6.13. The molecule has 3 heteroatoms. The fraction of sp³-hybridized carbons (Fsp3) is 0.267. The number of hydrogen-bond donors (Lipinski definition) is 2. The Morgan fingerprint density at radius 3 is 3.06 bits per heavy atom. The van der Waals surface area contributed by atoms with Crippen LogP contribution in [0.25, 0.3) is 0 Å². The molecule has 1 amide bonds. The number of rotatable bonds is 2. The molecule has 0 spiro atoms. The lowest BCUT2D eigenvalue weighted by Crippen LogP contribution is -2.19. The predicted molar refractivity (Wildman–Crippen MR) is 69.1 cm³/mol. The predicted octanol–water partition coefficient (Wildman–Crippen LogP) is 2.20. The first-order valence-electron chi connectivity index (χ1n) is 6.13. The molecule has 0 radical (unpaired) electrons. The van der Waals surface area contributed by atoms with Crippen LogP contribution in [0.15, 0.2) is 42.7 Å². The first kappa shape index (κ1) is 11.1. The number of amides is 1. The van der Waals surface area contributed by atoms with Crippen LogP contribution >= 0.6 is 0 Å². The van der Waals surface area contributed by atoms with E-state index in [1.54, 1.807) is 0 Å². The molecule has 1 aliphatic heterocycles. The second-order valence-electron chi connectivity index (χ2n) is 4.82. The highest BCUT2D eigenvalue weighted by Crippen LogP contribution is 2.45. The van der Waals surface area contributed by atoms with Gasteiger partial charge in [0.2, 0.25) is 0 Å². The molecule has 1 aromatic carbocycles. The Morgan fingerprint density at radius 2 is 2.33 bits per heavy atom. The molecule has 1 saturated heterocycles. The Hall–Kier alpha value is -2.03. The van der Waals surface area contributed by atoms with Gasteiger partial charge in [-0.05, 0) is 29.5 Å². The quantitative estimate of drug-likeness (QED) is 0.474. The summed E-state index contributed by atoms with van der Waals surface area (Å²) in [6.07, 6.45) is 4.51. The van der Waals surface area contributed by atoms with E-state index in [2.05, 4.69) is 24.0 Å². The molecule has 0 bridgehead atoms. The SMILES string of the molecule is C=CCc1cccc2c1CC1C(=CO)C(=O)NC21. The molecule has 18 heavy (non-hydrogen) atoms. The van der Waals surface area contributed by atoms with E-state index in [1.807, 2.05) is 12.1 Å². The van der Waals surface area contributed by atoms with Crippen molar-refractivity contribution in [2.45, 2.75) is 18.9 Å². The van der Waals surface area contributed by atoms with Crippen molar-refractivity contribution in [3.05, 3.63) is 59.4 Å². The molecular formula is C15H15NO2. The molecule has 3 nitrogen and oxygen atoms in total. The third-order valence-corrected chi connectivity index (χ3v) is 3.92. The molecule has 2 N–H and O–H groups in total. The summed E-state index contributed by atoms with van der Waals surface area (Å²) < 4.78 is 0. The number of benzene rings is 1.